The summed E-state index contributed by atoms with van der Waals surface area (Å²) in [6, 6.07) is 13.1. The van der Waals surface area contributed by atoms with Gasteiger partial charge in [0.15, 0.2) is 0 Å². The van der Waals surface area contributed by atoms with Gasteiger partial charge in [-0.1, -0.05) is 18.2 Å². The predicted octanol–water partition coefficient (Wildman–Crippen LogP) is 4.40. The molecule has 1 aliphatic carbocycles. The van der Waals surface area contributed by atoms with Crippen molar-refractivity contribution in [2.24, 2.45) is 0 Å². The zero-order chi connectivity index (χ0) is 23.1. The summed E-state index contributed by atoms with van der Waals surface area (Å²) < 4.78 is 11.3. The normalized spacial score (nSPS) is 18.4. The number of nitrogens with one attached hydrogen (secondary N) is 1. The van der Waals surface area contributed by atoms with E-state index in [1.165, 1.54) is 17.5 Å². The van der Waals surface area contributed by atoms with Gasteiger partial charge < -0.3 is 9.47 Å². The number of aryl methyl sites for hydroxylation is 1. The standard InChI is InChI=1S/C27H29N5O2/c1-17-16-34-12-11-32(17)15-20-10-9-19(14-28-20)25-27-23(30-31-25)13-24(33-2)26(29-27)22-8-4-6-18-5-3-7-21(18)22/h4,6,8-10,13-14,17H,3,5,7,11-12,15-16H2,1-2H3,(H,30,31)/t17-/m1/s1. The average Bonchev–Trinajstić information content (AvgIpc) is 3.52. The van der Waals surface area contributed by atoms with Crippen molar-refractivity contribution in [3.63, 3.8) is 0 Å². The smallest absolute Gasteiger partial charge is 0.147 e. The highest BCUT2D eigenvalue weighted by Crippen LogP contribution is 2.38. The Labute approximate surface area is 199 Å². The Morgan fingerprint density at radius 1 is 1.18 bits per heavy atom. The number of aromatic amines is 1. The number of benzene rings is 1. The van der Waals surface area contributed by atoms with Gasteiger partial charge in [0.05, 0.1) is 31.5 Å². The molecule has 1 atom stereocenters. The number of methoxy groups -OCH3 is 1. The Hall–Kier alpha value is -3.29. The van der Waals surface area contributed by atoms with Crippen molar-refractivity contribution in [2.45, 2.75) is 38.8 Å². The zero-order valence-corrected chi connectivity index (χ0v) is 19.7. The van der Waals surface area contributed by atoms with Gasteiger partial charge in [-0.25, -0.2) is 4.98 Å². The van der Waals surface area contributed by atoms with Crippen molar-refractivity contribution in [2.75, 3.05) is 26.9 Å². The molecule has 34 heavy (non-hydrogen) atoms. The van der Waals surface area contributed by atoms with Gasteiger partial charge in [-0.3, -0.25) is 15.0 Å². The van der Waals surface area contributed by atoms with E-state index in [2.05, 4.69) is 52.4 Å². The highest BCUT2D eigenvalue weighted by atomic mass is 16.5. The topological polar surface area (TPSA) is 76.2 Å². The van der Waals surface area contributed by atoms with Gasteiger partial charge in [0, 0.05) is 42.5 Å². The van der Waals surface area contributed by atoms with Gasteiger partial charge >= 0.3 is 0 Å². The molecule has 1 aromatic carbocycles. The van der Waals surface area contributed by atoms with E-state index in [0.717, 1.165) is 84.1 Å². The lowest BCUT2D eigenvalue weighted by Crippen LogP contribution is -2.43. The molecule has 0 unspecified atom stereocenters. The molecule has 7 heteroatoms. The molecule has 174 valence electrons. The number of hydrogen-bond donors (Lipinski definition) is 1. The minimum atomic E-state index is 0.405. The summed E-state index contributed by atoms with van der Waals surface area (Å²) in [6.45, 7) is 5.52. The molecule has 7 nitrogen and oxygen atoms in total. The Balaban J connectivity index is 1.36. The SMILES string of the molecule is COc1cc2[nH]nc(-c3ccc(CN4CCOC[C@H]4C)nc3)c2nc1-c1cccc2c1CCC2. The molecular weight excluding hydrogens is 426 g/mol. The number of hydrogen-bond acceptors (Lipinski definition) is 6. The maximum Gasteiger partial charge on any atom is 0.147 e. The minimum Gasteiger partial charge on any atom is -0.494 e. The fourth-order valence-corrected chi connectivity index (χ4v) is 5.18. The summed E-state index contributed by atoms with van der Waals surface area (Å²) in [5.74, 6) is 0.760. The molecule has 6 rings (SSSR count). The third-order valence-corrected chi connectivity index (χ3v) is 7.09. The average molecular weight is 456 g/mol. The molecule has 0 spiro atoms. The summed E-state index contributed by atoms with van der Waals surface area (Å²) in [5, 5.41) is 7.73. The Kier molecular flexibility index (Phi) is 5.51. The maximum absolute atomic E-state index is 5.74. The second kappa shape index (κ2) is 8.81. The fourth-order valence-electron chi connectivity index (χ4n) is 5.18. The number of H-pyrrole nitrogens is 1. The van der Waals surface area contributed by atoms with Crippen molar-refractivity contribution < 1.29 is 9.47 Å². The third kappa shape index (κ3) is 3.75. The molecule has 1 saturated heterocycles. The number of rotatable bonds is 5. The second-order valence-electron chi connectivity index (χ2n) is 9.24. The van der Waals surface area contributed by atoms with E-state index < -0.39 is 0 Å². The number of aromatic nitrogens is 4. The van der Waals surface area contributed by atoms with Gasteiger partial charge in [-0.2, -0.15) is 5.10 Å². The maximum atomic E-state index is 5.74. The lowest BCUT2D eigenvalue weighted by atomic mass is 9.99. The lowest BCUT2D eigenvalue weighted by molar-refractivity contribution is -0.00490. The predicted molar refractivity (Wildman–Crippen MR) is 132 cm³/mol. The van der Waals surface area contributed by atoms with Crippen LogP contribution in [0.15, 0.2) is 42.6 Å². The first kappa shape index (κ1) is 21.3. The largest absolute Gasteiger partial charge is 0.494 e. The van der Waals surface area contributed by atoms with Crippen LogP contribution in [0.5, 0.6) is 5.75 Å². The fraction of sp³-hybridized carbons (Fsp3) is 0.370. The number of fused-ring (bicyclic) bond motifs is 2. The van der Waals surface area contributed by atoms with Crippen molar-refractivity contribution in [3.05, 3.63) is 59.4 Å². The molecule has 0 bridgehead atoms. The summed E-state index contributed by atoms with van der Waals surface area (Å²) in [4.78, 5) is 12.2. The van der Waals surface area contributed by atoms with Crippen LogP contribution >= 0.6 is 0 Å². The van der Waals surface area contributed by atoms with Gasteiger partial charge in [0.2, 0.25) is 0 Å². The van der Waals surface area contributed by atoms with Crippen molar-refractivity contribution in [1.82, 2.24) is 25.1 Å². The van der Waals surface area contributed by atoms with Gasteiger partial charge in [-0.05, 0) is 49.4 Å². The van der Waals surface area contributed by atoms with E-state index in [0.29, 0.717) is 6.04 Å². The van der Waals surface area contributed by atoms with E-state index >= 15 is 0 Å². The Morgan fingerprint density at radius 3 is 2.94 bits per heavy atom. The highest BCUT2D eigenvalue weighted by Gasteiger charge is 2.22. The molecule has 0 amide bonds. The van der Waals surface area contributed by atoms with Crippen LogP contribution in [-0.4, -0.2) is 58.0 Å². The van der Waals surface area contributed by atoms with Crippen molar-refractivity contribution in [1.29, 1.82) is 0 Å². The van der Waals surface area contributed by atoms with E-state index in [9.17, 15) is 0 Å². The summed E-state index contributed by atoms with van der Waals surface area (Å²) in [5.41, 5.74) is 9.35. The van der Waals surface area contributed by atoms with E-state index in [-0.39, 0.29) is 0 Å². The molecule has 3 aromatic heterocycles. The first-order valence-corrected chi connectivity index (χ1v) is 12.0. The molecule has 1 N–H and O–H groups in total. The Bertz CT molecular complexity index is 1330. The first-order valence-electron chi connectivity index (χ1n) is 12.0. The molecule has 4 aromatic rings. The van der Waals surface area contributed by atoms with Crippen LogP contribution in [0.1, 0.15) is 30.2 Å². The van der Waals surface area contributed by atoms with E-state index in [1.807, 2.05) is 12.3 Å². The molecule has 1 fully saturated rings. The number of ether oxygens (including phenoxy) is 2. The lowest BCUT2D eigenvalue weighted by Gasteiger charge is -2.32. The van der Waals surface area contributed by atoms with Crippen molar-refractivity contribution in [3.8, 4) is 28.3 Å². The minimum absolute atomic E-state index is 0.405. The van der Waals surface area contributed by atoms with Crippen LogP contribution in [-0.2, 0) is 24.1 Å². The van der Waals surface area contributed by atoms with Crippen LogP contribution in [0.4, 0.5) is 0 Å². The van der Waals surface area contributed by atoms with Crippen LogP contribution < -0.4 is 4.74 Å². The van der Waals surface area contributed by atoms with Crippen LogP contribution in [0, 0.1) is 0 Å². The zero-order valence-electron chi connectivity index (χ0n) is 19.7. The number of pyridine rings is 2. The molecule has 4 heterocycles. The Morgan fingerprint density at radius 2 is 2.12 bits per heavy atom. The highest BCUT2D eigenvalue weighted by molar-refractivity contribution is 5.93. The quantitative estimate of drug-likeness (QED) is 0.481. The number of morpholine rings is 1. The molecular formula is C27H29N5O2. The van der Waals surface area contributed by atoms with Gasteiger partial charge in [0.1, 0.15) is 22.7 Å². The first-order chi connectivity index (χ1) is 16.7. The van der Waals surface area contributed by atoms with E-state index in [4.69, 9.17) is 19.4 Å². The van der Waals surface area contributed by atoms with Gasteiger partial charge in [-0.15, -0.1) is 0 Å². The number of nitrogens with zero attached hydrogens (tertiary/aromatic N) is 4. The monoisotopic (exact) mass is 455 g/mol. The molecule has 2 aliphatic rings. The summed E-state index contributed by atoms with van der Waals surface area (Å²) >= 11 is 0. The summed E-state index contributed by atoms with van der Waals surface area (Å²) in [6.07, 6.45) is 5.31. The molecule has 0 radical (unpaired) electrons. The van der Waals surface area contributed by atoms with Crippen LogP contribution in [0.2, 0.25) is 0 Å². The second-order valence-corrected chi connectivity index (χ2v) is 9.24. The van der Waals surface area contributed by atoms with E-state index in [1.54, 1.807) is 7.11 Å². The van der Waals surface area contributed by atoms with Crippen LogP contribution in [0.3, 0.4) is 0 Å². The van der Waals surface area contributed by atoms with Crippen molar-refractivity contribution >= 4 is 11.0 Å². The third-order valence-electron chi connectivity index (χ3n) is 7.09. The molecule has 0 saturated carbocycles. The molecule has 1 aliphatic heterocycles. The van der Waals surface area contributed by atoms with Crippen LogP contribution in [0.25, 0.3) is 33.5 Å². The summed E-state index contributed by atoms with van der Waals surface area (Å²) in [7, 11) is 1.70. The van der Waals surface area contributed by atoms with Gasteiger partial charge in [0.25, 0.3) is 0 Å².